The van der Waals surface area contributed by atoms with E-state index in [1.54, 1.807) is 0 Å². The van der Waals surface area contributed by atoms with Crippen LogP contribution in [0.5, 0.6) is 0 Å². The molecule has 3 unspecified atom stereocenters. The Morgan fingerprint density at radius 1 is 1.16 bits per heavy atom. The van der Waals surface area contributed by atoms with Crippen LogP contribution < -0.4 is 0 Å². The summed E-state index contributed by atoms with van der Waals surface area (Å²) in [4.78, 5) is 41.1. The number of ether oxygens (including phenoxy) is 2. The molecule has 3 aliphatic carbocycles. The van der Waals surface area contributed by atoms with Gasteiger partial charge >= 0.3 is 5.97 Å². The van der Waals surface area contributed by atoms with Crippen molar-refractivity contribution < 1.29 is 28.7 Å². The maximum Gasteiger partial charge on any atom is 0.336 e. The molecule has 4 atom stereocenters. The summed E-state index contributed by atoms with van der Waals surface area (Å²) in [6.45, 7) is 8.13. The van der Waals surface area contributed by atoms with Crippen molar-refractivity contribution in [3.05, 3.63) is 0 Å². The Labute approximate surface area is 146 Å². The lowest BCUT2D eigenvalue weighted by molar-refractivity contribution is -0.240. The van der Waals surface area contributed by atoms with Crippen molar-refractivity contribution in [3.8, 4) is 0 Å². The SMILES string of the molecule is CC1(C)OC2CC3CC(C3(C)C)[C@@]2(CC(=O)ON2C(=O)CCC2=O)O1. The third-order valence-electron chi connectivity index (χ3n) is 6.59. The number of hydroxylamine groups is 2. The number of hydrogen-bond donors (Lipinski definition) is 0. The van der Waals surface area contributed by atoms with Crippen LogP contribution in [0.15, 0.2) is 0 Å². The molecule has 3 saturated carbocycles. The van der Waals surface area contributed by atoms with E-state index in [0.717, 1.165) is 12.8 Å². The van der Waals surface area contributed by atoms with Gasteiger partial charge in [0, 0.05) is 12.8 Å². The van der Waals surface area contributed by atoms with Gasteiger partial charge in [-0.25, -0.2) is 4.79 Å². The summed E-state index contributed by atoms with van der Waals surface area (Å²) in [6.07, 6.45) is 1.84. The molecule has 2 heterocycles. The van der Waals surface area contributed by atoms with Crippen LogP contribution >= 0.6 is 0 Å². The third-order valence-corrected chi connectivity index (χ3v) is 6.59. The molecule has 2 amide bonds. The zero-order chi connectivity index (χ0) is 18.2. The zero-order valence-corrected chi connectivity index (χ0v) is 15.2. The Morgan fingerprint density at radius 3 is 2.40 bits per heavy atom. The van der Waals surface area contributed by atoms with Gasteiger partial charge in [-0.05, 0) is 43.9 Å². The summed E-state index contributed by atoms with van der Waals surface area (Å²) in [5, 5.41) is 0.604. The Hall–Kier alpha value is -1.47. The Balaban J connectivity index is 1.56. The number of carbonyl (C=O) groups is 3. The fraction of sp³-hybridized carbons (Fsp3) is 0.833. The zero-order valence-electron chi connectivity index (χ0n) is 15.2. The first-order chi connectivity index (χ1) is 11.6. The highest BCUT2D eigenvalue weighted by atomic mass is 16.8. The lowest BCUT2D eigenvalue weighted by atomic mass is 9.43. The molecule has 0 aromatic heterocycles. The van der Waals surface area contributed by atoms with E-state index in [1.807, 2.05) is 13.8 Å². The first-order valence-corrected chi connectivity index (χ1v) is 9.00. The van der Waals surface area contributed by atoms with Crippen molar-refractivity contribution in [2.24, 2.45) is 17.3 Å². The topological polar surface area (TPSA) is 82.1 Å². The number of nitrogens with zero attached hydrogens (tertiary/aromatic N) is 1. The van der Waals surface area contributed by atoms with Crippen molar-refractivity contribution >= 4 is 17.8 Å². The fourth-order valence-corrected chi connectivity index (χ4v) is 5.33. The maximum atomic E-state index is 12.6. The Kier molecular flexibility index (Phi) is 3.42. The van der Waals surface area contributed by atoms with Crippen molar-refractivity contribution in [1.29, 1.82) is 0 Å². The number of carbonyl (C=O) groups excluding carboxylic acids is 3. The van der Waals surface area contributed by atoms with Crippen LogP contribution in [0.4, 0.5) is 0 Å². The first kappa shape index (κ1) is 17.0. The summed E-state index contributed by atoms with van der Waals surface area (Å²) in [5.41, 5.74) is -0.690. The van der Waals surface area contributed by atoms with E-state index in [9.17, 15) is 14.4 Å². The van der Waals surface area contributed by atoms with Crippen molar-refractivity contribution in [3.63, 3.8) is 0 Å². The molecular weight excluding hydrogens is 326 g/mol. The van der Waals surface area contributed by atoms with Crippen molar-refractivity contribution in [2.75, 3.05) is 0 Å². The van der Waals surface area contributed by atoms with Gasteiger partial charge in [0.25, 0.3) is 11.8 Å². The molecule has 0 aromatic rings. The summed E-state index contributed by atoms with van der Waals surface area (Å²) < 4.78 is 12.4. The predicted molar refractivity (Wildman–Crippen MR) is 84.6 cm³/mol. The van der Waals surface area contributed by atoms with Crippen LogP contribution in [0.1, 0.15) is 59.8 Å². The molecule has 2 bridgehead atoms. The summed E-state index contributed by atoms with van der Waals surface area (Å²) in [6, 6.07) is 0. The van der Waals surface area contributed by atoms with Crippen LogP contribution in [0, 0.1) is 17.3 Å². The standard InChI is InChI=1S/C18H25NO6/c1-16(2)10-7-11(16)18(12(8-10)23-17(3,4)25-18)9-15(22)24-19-13(20)5-6-14(19)21/h10-12H,5-9H2,1-4H3/t10?,11?,12?,18-/m1/s1. The van der Waals surface area contributed by atoms with E-state index in [1.165, 1.54) is 0 Å². The molecular formula is C18H25NO6. The smallest absolute Gasteiger partial charge is 0.336 e. The third kappa shape index (κ3) is 2.35. The van der Waals surface area contributed by atoms with Gasteiger partial charge in [0.05, 0.1) is 12.5 Å². The van der Waals surface area contributed by atoms with Gasteiger partial charge in [-0.15, -0.1) is 5.06 Å². The summed E-state index contributed by atoms with van der Waals surface area (Å²) >= 11 is 0. The average molecular weight is 351 g/mol. The molecule has 5 fully saturated rings. The van der Waals surface area contributed by atoms with Gasteiger partial charge in [-0.1, -0.05) is 13.8 Å². The predicted octanol–water partition coefficient (Wildman–Crippen LogP) is 1.94. The molecule has 0 radical (unpaired) electrons. The van der Waals surface area contributed by atoms with Gasteiger partial charge < -0.3 is 14.3 Å². The molecule has 2 saturated heterocycles. The van der Waals surface area contributed by atoms with Crippen LogP contribution in [-0.4, -0.2) is 40.3 Å². The first-order valence-electron chi connectivity index (χ1n) is 9.00. The van der Waals surface area contributed by atoms with E-state index in [4.69, 9.17) is 14.3 Å². The second-order valence-electron chi connectivity index (χ2n) is 8.83. The molecule has 0 aromatic carbocycles. The van der Waals surface area contributed by atoms with Gasteiger partial charge in [0.2, 0.25) is 0 Å². The highest BCUT2D eigenvalue weighted by Gasteiger charge is 2.71. The van der Waals surface area contributed by atoms with Gasteiger partial charge in [-0.3, -0.25) is 9.59 Å². The molecule has 0 spiro atoms. The van der Waals surface area contributed by atoms with Gasteiger partial charge in [0.1, 0.15) is 5.60 Å². The molecule has 138 valence electrons. The number of amides is 2. The normalized spacial score (nSPS) is 40.6. The molecule has 0 N–H and O–H groups in total. The van der Waals surface area contributed by atoms with Crippen LogP contribution in [0.2, 0.25) is 0 Å². The Morgan fingerprint density at radius 2 is 1.80 bits per heavy atom. The maximum absolute atomic E-state index is 12.6. The molecule has 5 aliphatic rings. The minimum Gasteiger partial charge on any atom is -0.344 e. The summed E-state index contributed by atoms with van der Waals surface area (Å²) in [5.74, 6) is -1.57. The number of imide groups is 1. The van der Waals surface area contributed by atoms with E-state index in [-0.39, 0.29) is 36.7 Å². The van der Waals surface area contributed by atoms with E-state index in [2.05, 4.69) is 13.8 Å². The molecule has 7 nitrogen and oxygen atoms in total. The number of hydrogen-bond acceptors (Lipinski definition) is 6. The highest BCUT2D eigenvalue weighted by Crippen LogP contribution is 2.68. The lowest BCUT2D eigenvalue weighted by Gasteiger charge is -2.64. The van der Waals surface area contributed by atoms with E-state index >= 15 is 0 Å². The van der Waals surface area contributed by atoms with E-state index < -0.39 is 29.2 Å². The van der Waals surface area contributed by atoms with Crippen LogP contribution in [0.25, 0.3) is 0 Å². The van der Waals surface area contributed by atoms with Crippen LogP contribution in [-0.2, 0) is 28.7 Å². The molecule has 7 heteroatoms. The van der Waals surface area contributed by atoms with Gasteiger partial charge in [-0.2, -0.15) is 0 Å². The second-order valence-corrected chi connectivity index (χ2v) is 8.83. The summed E-state index contributed by atoms with van der Waals surface area (Å²) in [7, 11) is 0. The second kappa shape index (κ2) is 5.04. The van der Waals surface area contributed by atoms with E-state index in [0.29, 0.717) is 11.0 Å². The molecule has 25 heavy (non-hydrogen) atoms. The highest BCUT2D eigenvalue weighted by molar-refractivity contribution is 6.01. The van der Waals surface area contributed by atoms with Crippen molar-refractivity contribution in [1.82, 2.24) is 5.06 Å². The molecule has 2 aliphatic heterocycles. The number of rotatable bonds is 3. The minimum atomic E-state index is -0.766. The monoisotopic (exact) mass is 351 g/mol. The Bertz CT molecular complexity index is 640. The molecule has 5 rings (SSSR count). The fourth-order valence-electron chi connectivity index (χ4n) is 5.33. The average Bonchev–Trinajstić information content (AvgIpc) is 2.94. The minimum absolute atomic E-state index is 0.0149. The van der Waals surface area contributed by atoms with Crippen molar-refractivity contribution in [2.45, 2.75) is 77.3 Å². The van der Waals surface area contributed by atoms with Gasteiger partial charge in [0.15, 0.2) is 5.79 Å². The largest absolute Gasteiger partial charge is 0.344 e. The van der Waals surface area contributed by atoms with Crippen LogP contribution in [0.3, 0.4) is 0 Å². The quantitative estimate of drug-likeness (QED) is 0.723. The lowest BCUT2D eigenvalue weighted by Crippen LogP contribution is -2.67.